The number of carbonyl (C=O) groups is 1. The average Bonchev–Trinajstić information content (AvgIpc) is 3.47. The van der Waals surface area contributed by atoms with Crippen molar-refractivity contribution < 1.29 is 29.2 Å². The second-order valence-corrected chi connectivity index (χ2v) is 8.98. The zero-order valence-electron chi connectivity index (χ0n) is 20.1. The second kappa shape index (κ2) is 10.0. The van der Waals surface area contributed by atoms with E-state index in [0.717, 1.165) is 36.8 Å². The van der Waals surface area contributed by atoms with Crippen LogP contribution in [0.1, 0.15) is 64.5 Å². The third kappa shape index (κ3) is 4.88. The van der Waals surface area contributed by atoms with Gasteiger partial charge >= 0.3 is 5.97 Å². The number of aromatic carboxylic acids is 1. The molecule has 0 saturated heterocycles. The molecule has 2 aromatic heterocycles. The lowest BCUT2D eigenvalue weighted by Crippen LogP contribution is -2.29. The van der Waals surface area contributed by atoms with Gasteiger partial charge in [-0.2, -0.15) is 0 Å². The van der Waals surface area contributed by atoms with E-state index in [0.29, 0.717) is 34.8 Å². The predicted octanol–water partition coefficient (Wildman–Crippen LogP) is 4.27. The number of hydrogen-bond acceptors (Lipinski definition) is 6. The van der Waals surface area contributed by atoms with Crippen molar-refractivity contribution in [3.63, 3.8) is 0 Å². The fraction of sp³-hybridized carbons (Fsp3) is 0.462. The van der Waals surface area contributed by atoms with Gasteiger partial charge in [-0.1, -0.05) is 12.8 Å². The Morgan fingerprint density at radius 1 is 1.12 bits per heavy atom. The highest BCUT2D eigenvalue weighted by Crippen LogP contribution is 2.35. The zero-order chi connectivity index (χ0) is 24.4. The van der Waals surface area contributed by atoms with E-state index in [1.165, 1.54) is 0 Å². The largest absolute Gasteiger partial charge is 0.496 e. The van der Waals surface area contributed by atoms with Gasteiger partial charge in [0.05, 0.1) is 32.1 Å². The van der Waals surface area contributed by atoms with Crippen LogP contribution in [0, 0.1) is 13.8 Å². The van der Waals surface area contributed by atoms with E-state index < -0.39 is 18.2 Å². The van der Waals surface area contributed by atoms with Crippen LogP contribution in [0.25, 0.3) is 5.65 Å². The molecule has 1 saturated carbocycles. The fourth-order valence-electron chi connectivity index (χ4n) is 4.75. The number of rotatable bonds is 9. The van der Waals surface area contributed by atoms with E-state index >= 15 is 0 Å². The first kappa shape index (κ1) is 24.0. The lowest BCUT2D eigenvalue weighted by atomic mass is 9.98. The van der Waals surface area contributed by atoms with Crippen molar-refractivity contribution in [1.29, 1.82) is 0 Å². The molecule has 3 aromatic rings. The van der Waals surface area contributed by atoms with Crippen LogP contribution in [-0.2, 0) is 11.2 Å². The van der Waals surface area contributed by atoms with Gasteiger partial charge in [0.15, 0.2) is 5.65 Å². The lowest BCUT2D eigenvalue weighted by Gasteiger charge is -2.27. The number of methoxy groups -OCH3 is 2. The van der Waals surface area contributed by atoms with Gasteiger partial charge in [0.25, 0.3) is 0 Å². The van der Waals surface area contributed by atoms with Gasteiger partial charge in [0, 0.05) is 24.4 Å². The summed E-state index contributed by atoms with van der Waals surface area (Å²) in [6.07, 6.45) is 6.66. The summed E-state index contributed by atoms with van der Waals surface area (Å²) in [6, 6.07) is 5.23. The number of nitrogens with zero attached hydrogens (tertiary/aromatic N) is 2. The smallest absolute Gasteiger partial charge is 0.339 e. The van der Waals surface area contributed by atoms with E-state index in [2.05, 4.69) is 4.98 Å². The van der Waals surface area contributed by atoms with E-state index in [1.54, 1.807) is 24.7 Å². The van der Waals surface area contributed by atoms with Crippen LogP contribution < -0.4 is 9.47 Å². The molecule has 1 fully saturated rings. The molecule has 8 heteroatoms. The third-order valence-electron chi connectivity index (χ3n) is 6.52. The number of fused-ring (bicyclic) bond motifs is 1. The molecule has 2 atom stereocenters. The molecule has 0 radical (unpaired) electrons. The normalized spacial score (nSPS) is 16.0. The number of aromatic nitrogens is 2. The van der Waals surface area contributed by atoms with Crippen molar-refractivity contribution in [2.45, 2.75) is 64.3 Å². The first-order valence-corrected chi connectivity index (χ1v) is 11.6. The minimum Gasteiger partial charge on any atom is -0.496 e. The van der Waals surface area contributed by atoms with Gasteiger partial charge in [-0.05, 0) is 56.0 Å². The molecule has 0 spiro atoms. The van der Waals surface area contributed by atoms with Crippen molar-refractivity contribution in [2.24, 2.45) is 0 Å². The van der Waals surface area contributed by atoms with Crippen LogP contribution in [0.5, 0.6) is 11.5 Å². The maximum atomic E-state index is 11.7. The summed E-state index contributed by atoms with van der Waals surface area (Å²) < 4.78 is 19.1. The topological polar surface area (TPSA) is 103 Å². The molecule has 0 aliphatic heterocycles. The molecule has 0 amide bonds. The Labute approximate surface area is 199 Å². The maximum absolute atomic E-state index is 11.7. The van der Waals surface area contributed by atoms with Gasteiger partial charge in [-0.15, -0.1) is 0 Å². The Bertz CT molecular complexity index is 1160. The van der Waals surface area contributed by atoms with Crippen LogP contribution in [0.15, 0.2) is 30.6 Å². The standard InChI is InChI=1S/C26H32N2O6/c1-15-9-20(26(30)31)25-27-18(14-28(25)13-15)12-23(34-19-7-5-6-8-19)24(29)17-10-21(32-3)16(2)22(11-17)33-4/h9-11,13-14,19,23-24,29H,5-8,12H2,1-4H3,(H,30,31). The molecule has 2 unspecified atom stereocenters. The van der Waals surface area contributed by atoms with Crippen LogP contribution >= 0.6 is 0 Å². The summed E-state index contributed by atoms with van der Waals surface area (Å²) in [5.41, 5.74) is 3.49. The van der Waals surface area contributed by atoms with E-state index in [4.69, 9.17) is 14.2 Å². The zero-order valence-corrected chi connectivity index (χ0v) is 20.1. The molecular formula is C26H32N2O6. The number of carboxylic acids is 1. The third-order valence-corrected chi connectivity index (χ3v) is 6.52. The molecule has 4 rings (SSSR count). The average molecular weight is 469 g/mol. The van der Waals surface area contributed by atoms with Gasteiger partial charge in [-0.3, -0.25) is 0 Å². The summed E-state index contributed by atoms with van der Waals surface area (Å²) in [5, 5.41) is 21.0. The van der Waals surface area contributed by atoms with E-state index in [-0.39, 0.29) is 11.7 Å². The number of benzene rings is 1. The van der Waals surface area contributed by atoms with Crippen molar-refractivity contribution >= 4 is 11.6 Å². The summed E-state index contributed by atoms with van der Waals surface area (Å²) in [6.45, 7) is 3.75. The number of aliphatic hydroxyl groups is 1. The molecule has 182 valence electrons. The van der Waals surface area contributed by atoms with Crippen LogP contribution in [0.3, 0.4) is 0 Å². The summed E-state index contributed by atoms with van der Waals surface area (Å²) in [7, 11) is 3.17. The Morgan fingerprint density at radius 3 is 2.35 bits per heavy atom. The highest BCUT2D eigenvalue weighted by atomic mass is 16.5. The number of aliphatic hydroxyl groups excluding tert-OH is 1. The molecule has 2 heterocycles. The summed E-state index contributed by atoms with van der Waals surface area (Å²) in [5.74, 6) is 0.230. The molecule has 2 N–H and O–H groups in total. The minimum atomic E-state index is -1.02. The van der Waals surface area contributed by atoms with Crippen molar-refractivity contribution in [1.82, 2.24) is 9.38 Å². The Morgan fingerprint density at radius 2 is 1.76 bits per heavy atom. The quantitative estimate of drug-likeness (QED) is 0.483. The van der Waals surface area contributed by atoms with Crippen molar-refractivity contribution in [3.05, 3.63) is 58.5 Å². The predicted molar refractivity (Wildman–Crippen MR) is 127 cm³/mol. The minimum absolute atomic E-state index is 0.0720. The Hall–Kier alpha value is -3.10. The number of ether oxygens (including phenoxy) is 3. The molecule has 8 nitrogen and oxygen atoms in total. The molecule has 34 heavy (non-hydrogen) atoms. The van der Waals surface area contributed by atoms with E-state index in [9.17, 15) is 15.0 Å². The molecular weight excluding hydrogens is 436 g/mol. The lowest BCUT2D eigenvalue weighted by molar-refractivity contribution is -0.0757. The maximum Gasteiger partial charge on any atom is 0.339 e. The highest BCUT2D eigenvalue weighted by molar-refractivity contribution is 5.94. The van der Waals surface area contributed by atoms with Gasteiger partial charge in [-0.25, -0.2) is 9.78 Å². The Kier molecular flexibility index (Phi) is 7.09. The number of pyridine rings is 1. The Balaban J connectivity index is 1.69. The molecule has 1 aromatic carbocycles. The number of carboxylic acid groups (broad SMARTS) is 1. The second-order valence-electron chi connectivity index (χ2n) is 8.98. The van der Waals surface area contributed by atoms with Gasteiger partial charge in [0.2, 0.25) is 0 Å². The SMILES string of the molecule is COc1cc(C(O)C(Cc2cn3cc(C)cc(C(=O)O)c3n2)OC2CCCC2)cc(OC)c1C. The molecule has 1 aliphatic carbocycles. The number of imidazole rings is 1. The van der Waals surface area contributed by atoms with E-state index in [1.807, 2.05) is 38.4 Å². The number of hydrogen-bond donors (Lipinski definition) is 2. The van der Waals surface area contributed by atoms with Crippen molar-refractivity contribution in [3.8, 4) is 11.5 Å². The molecule has 0 bridgehead atoms. The van der Waals surface area contributed by atoms with Gasteiger partial charge in [0.1, 0.15) is 23.2 Å². The van der Waals surface area contributed by atoms with Gasteiger partial charge < -0.3 is 28.8 Å². The van der Waals surface area contributed by atoms with Crippen LogP contribution in [-0.4, -0.2) is 52.0 Å². The molecule has 1 aliphatic rings. The number of aryl methyl sites for hydroxylation is 1. The fourth-order valence-corrected chi connectivity index (χ4v) is 4.75. The summed E-state index contributed by atoms with van der Waals surface area (Å²) in [4.78, 5) is 16.3. The van der Waals surface area contributed by atoms with Crippen molar-refractivity contribution in [2.75, 3.05) is 14.2 Å². The first-order chi connectivity index (χ1) is 16.3. The van der Waals surface area contributed by atoms with Crippen LogP contribution in [0.4, 0.5) is 0 Å². The van der Waals surface area contributed by atoms with Crippen LogP contribution in [0.2, 0.25) is 0 Å². The first-order valence-electron chi connectivity index (χ1n) is 11.6. The summed E-state index contributed by atoms with van der Waals surface area (Å²) >= 11 is 0. The monoisotopic (exact) mass is 468 g/mol. The highest BCUT2D eigenvalue weighted by Gasteiger charge is 2.29.